The van der Waals surface area contributed by atoms with Crippen molar-refractivity contribution in [3.8, 4) is 5.69 Å². The molecular formula is C23H19Cl2N5O2. The van der Waals surface area contributed by atoms with Gasteiger partial charge >= 0.3 is 0 Å². The molecule has 0 saturated heterocycles. The van der Waals surface area contributed by atoms with Crippen molar-refractivity contribution in [3.05, 3.63) is 87.0 Å². The van der Waals surface area contributed by atoms with Crippen molar-refractivity contribution < 1.29 is 4.79 Å². The standard InChI is InChI=1S/C23H19Cl2N5O2/c24-16-8-6-15(7-9-16)23(10-1-2-11-23)22(32)28-29-14-26-20-19(21(29)31)13-27-30(20)18-5-3-4-17(25)12-18/h3-9,12-14H,1-2,10-11H2,(H,28,32). The number of aromatic nitrogens is 4. The fraction of sp³-hybridized carbons (Fsp3) is 0.217. The van der Waals surface area contributed by atoms with Gasteiger partial charge in [0.25, 0.3) is 5.56 Å². The van der Waals surface area contributed by atoms with Crippen LogP contribution in [0.4, 0.5) is 0 Å². The first-order chi connectivity index (χ1) is 15.5. The molecule has 2 heterocycles. The van der Waals surface area contributed by atoms with E-state index in [-0.39, 0.29) is 5.91 Å². The van der Waals surface area contributed by atoms with Crippen molar-refractivity contribution in [1.82, 2.24) is 19.4 Å². The van der Waals surface area contributed by atoms with Gasteiger partial charge in [-0.15, -0.1) is 0 Å². The number of amides is 1. The number of hydrogen-bond acceptors (Lipinski definition) is 4. The Hall–Kier alpha value is -3.16. The largest absolute Gasteiger partial charge is 0.283 e. The lowest BCUT2D eigenvalue weighted by molar-refractivity contribution is -0.122. The zero-order chi connectivity index (χ0) is 22.3. The Balaban J connectivity index is 1.50. The molecular weight excluding hydrogens is 449 g/mol. The highest BCUT2D eigenvalue weighted by atomic mass is 35.5. The molecule has 9 heteroatoms. The predicted molar refractivity (Wildman–Crippen MR) is 124 cm³/mol. The smallest absolute Gasteiger partial charge is 0.272 e. The Bertz CT molecular complexity index is 1370. The highest BCUT2D eigenvalue weighted by molar-refractivity contribution is 6.31. The zero-order valence-electron chi connectivity index (χ0n) is 17.0. The second kappa shape index (κ2) is 8.07. The molecule has 0 bridgehead atoms. The molecule has 2 aromatic heterocycles. The molecule has 1 N–H and O–H groups in total. The normalized spacial score (nSPS) is 15.2. The van der Waals surface area contributed by atoms with Gasteiger partial charge < -0.3 is 0 Å². The minimum Gasteiger partial charge on any atom is -0.272 e. The van der Waals surface area contributed by atoms with E-state index in [2.05, 4.69) is 15.5 Å². The fourth-order valence-corrected chi connectivity index (χ4v) is 4.71. The van der Waals surface area contributed by atoms with Crippen molar-refractivity contribution >= 4 is 40.1 Å². The Morgan fingerprint density at radius 3 is 2.50 bits per heavy atom. The molecule has 4 aromatic rings. The van der Waals surface area contributed by atoms with Crippen LogP contribution in [-0.2, 0) is 10.2 Å². The minimum absolute atomic E-state index is 0.234. The molecule has 162 valence electrons. The predicted octanol–water partition coefficient (Wildman–Crippen LogP) is 4.47. The summed E-state index contributed by atoms with van der Waals surface area (Å²) in [5.41, 5.74) is 3.63. The number of carbonyl (C=O) groups excluding carboxylic acids is 1. The van der Waals surface area contributed by atoms with E-state index in [1.54, 1.807) is 35.0 Å². The maximum atomic E-state index is 13.4. The van der Waals surface area contributed by atoms with E-state index in [0.29, 0.717) is 39.6 Å². The zero-order valence-corrected chi connectivity index (χ0v) is 18.5. The van der Waals surface area contributed by atoms with Crippen LogP contribution in [-0.4, -0.2) is 25.3 Å². The summed E-state index contributed by atoms with van der Waals surface area (Å²) < 4.78 is 2.67. The first-order valence-electron chi connectivity index (χ1n) is 10.3. The summed E-state index contributed by atoms with van der Waals surface area (Å²) in [6.07, 6.45) is 6.05. The molecule has 5 rings (SSSR count). The number of nitrogens with zero attached hydrogens (tertiary/aromatic N) is 4. The second-order valence-electron chi connectivity index (χ2n) is 7.93. The van der Waals surface area contributed by atoms with E-state index >= 15 is 0 Å². The summed E-state index contributed by atoms with van der Waals surface area (Å²) in [6, 6.07) is 14.4. The topological polar surface area (TPSA) is 81.8 Å². The van der Waals surface area contributed by atoms with Gasteiger partial charge in [0.05, 0.1) is 17.3 Å². The highest BCUT2D eigenvalue weighted by Crippen LogP contribution is 2.41. The van der Waals surface area contributed by atoms with Gasteiger partial charge in [-0.05, 0) is 48.7 Å². The molecule has 1 amide bonds. The Labute approximate surface area is 193 Å². The van der Waals surface area contributed by atoms with E-state index in [9.17, 15) is 9.59 Å². The molecule has 0 spiro atoms. The summed E-state index contributed by atoms with van der Waals surface area (Å²) in [5, 5.41) is 5.75. The van der Waals surface area contributed by atoms with Crippen molar-refractivity contribution in [1.29, 1.82) is 0 Å². The van der Waals surface area contributed by atoms with Crippen LogP contribution in [0.25, 0.3) is 16.7 Å². The van der Waals surface area contributed by atoms with E-state index < -0.39 is 11.0 Å². The first kappa shape index (κ1) is 20.7. The van der Waals surface area contributed by atoms with Crippen LogP contribution in [0.3, 0.4) is 0 Å². The van der Waals surface area contributed by atoms with Crippen LogP contribution in [0.5, 0.6) is 0 Å². The quantitative estimate of drug-likeness (QED) is 0.479. The van der Waals surface area contributed by atoms with Gasteiger partial charge in [-0.2, -0.15) is 5.10 Å². The summed E-state index contributed by atoms with van der Waals surface area (Å²) >= 11 is 12.1. The van der Waals surface area contributed by atoms with Gasteiger partial charge in [0.1, 0.15) is 11.7 Å². The maximum Gasteiger partial charge on any atom is 0.283 e. The van der Waals surface area contributed by atoms with Gasteiger partial charge in [-0.3, -0.25) is 15.0 Å². The third-order valence-corrected chi connectivity index (χ3v) is 6.54. The van der Waals surface area contributed by atoms with E-state index in [0.717, 1.165) is 23.1 Å². The first-order valence-corrected chi connectivity index (χ1v) is 11.0. The molecule has 0 unspecified atom stereocenters. The molecule has 1 aliphatic carbocycles. The second-order valence-corrected chi connectivity index (χ2v) is 8.80. The maximum absolute atomic E-state index is 13.4. The fourth-order valence-electron chi connectivity index (χ4n) is 4.40. The van der Waals surface area contributed by atoms with Crippen molar-refractivity contribution in [2.24, 2.45) is 0 Å². The number of fused-ring (bicyclic) bond motifs is 1. The number of hydrogen-bond donors (Lipinski definition) is 1. The monoisotopic (exact) mass is 467 g/mol. The van der Waals surface area contributed by atoms with Crippen LogP contribution >= 0.6 is 23.2 Å². The van der Waals surface area contributed by atoms with Crippen molar-refractivity contribution in [2.75, 3.05) is 5.43 Å². The number of nitrogens with one attached hydrogen (secondary N) is 1. The Morgan fingerprint density at radius 2 is 1.78 bits per heavy atom. The van der Waals surface area contributed by atoms with Gasteiger partial charge in [0.15, 0.2) is 5.65 Å². The lowest BCUT2D eigenvalue weighted by Crippen LogP contribution is -2.44. The van der Waals surface area contributed by atoms with Crippen molar-refractivity contribution in [3.63, 3.8) is 0 Å². The third kappa shape index (κ3) is 3.47. The lowest BCUT2D eigenvalue weighted by atomic mass is 9.78. The van der Waals surface area contributed by atoms with Crippen LogP contribution in [0.15, 0.2) is 65.8 Å². The average molecular weight is 468 g/mol. The molecule has 1 aliphatic rings. The molecule has 2 aromatic carbocycles. The lowest BCUT2D eigenvalue weighted by Gasteiger charge is -2.28. The molecule has 0 aliphatic heterocycles. The number of carbonyl (C=O) groups is 1. The third-order valence-electron chi connectivity index (χ3n) is 6.05. The highest BCUT2D eigenvalue weighted by Gasteiger charge is 2.43. The SMILES string of the molecule is O=C(Nn1cnc2c(cnn2-c2cccc(Cl)c2)c1=O)C1(c2ccc(Cl)cc2)CCCC1. The minimum atomic E-state index is -0.704. The molecule has 0 atom stereocenters. The van der Waals surface area contributed by atoms with Gasteiger partial charge in [-0.25, -0.2) is 14.3 Å². The van der Waals surface area contributed by atoms with Crippen molar-refractivity contribution in [2.45, 2.75) is 31.1 Å². The summed E-state index contributed by atoms with van der Waals surface area (Å²) in [7, 11) is 0. The van der Waals surface area contributed by atoms with Crippen LogP contribution in [0, 0.1) is 0 Å². The molecule has 1 fully saturated rings. The number of benzene rings is 2. The van der Waals surface area contributed by atoms with E-state index in [4.69, 9.17) is 23.2 Å². The van der Waals surface area contributed by atoms with Gasteiger partial charge in [-0.1, -0.05) is 54.2 Å². The Morgan fingerprint density at radius 1 is 1.03 bits per heavy atom. The molecule has 0 radical (unpaired) electrons. The van der Waals surface area contributed by atoms with Crippen LogP contribution in [0.2, 0.25) is 10.0 Å². The van der Waals surface area contributed by atoms with Gasteiger partial charge in [0, 0.05) is 10.0 Å². The molecule has 32 heavy (non-hydrogen) atoms. The number of rotatable bonds is 4. The van der Waals surface area contributed by atoms with Gasteiger partial charge in [0.2, 0.25) is 5.91 Å². The van der Waals surface area contributed by atoms with Crippen LogP contribution in [0.1, 0.15) is 31.2 Å². The number of halogens is 2. The van der Waals surface area contributed by atoms with Crippen LogP contribution < -0.4 is 11.0 Å². The molecule has 7 nitrogen and oxygen atoms in total. The van der Waals surface area contributed by atoms with E-state index in [1.165, 1.54) is 12.5 Å². The Kier molecular flexibility index (Phi) is 5.23. The summed E-state index contributed by atoms with van der Waals surface area (Å²) in [5.74, 6) is -0.234. The molecule has 1 saturated carbocycles. The summed E-state index contributed by atoms with van der Waals surface area (Å²) in [4.78, 5) is 30.9. The summed E-state index contributed by atoms with van der Waals surface area (Å²) in [6.45, 7) is 0. The average Bonchev–Trinajstić information content (AvgIpc) is 3.45. The van der Waals surface area contributed by atoms with E-state index in [1.807, 2.05) is 18.2 Å².